The number of ether oxygens (including phenoxy) is 1. The molecule has 3 aromatic rings. The second-order valence-electron chi connectivity index (χ2n) is 7.34. The van der Waals surface area contributed by atoms with Crippen LogP contribution >= 0.6 is 0 Å². The summed E-state index contributed by atoms with van der Waals surface area (Å²) in [5, 5.41) is 2.91. The quantitative estimate of drug-likeness (QED) is 0.635. The van der Waals surface area contributed by atoms with Gasteiger partial charge in [-0.15, -0.1) is 0 Å². The first kappa shape index (κ1) is 20.5. The molecular weight excluding hydrogens is 397 g/mol. The van der Waals surface area contributed by atoms with Gasteiger partial charge in [-0.3, -0.25) is 14.6 Å². The first-order valence-corrected chi connectivity index (χ1v) is 9.95. The van der Waals surface area contributed by atoms with E-state index in [0.29, 0.717) is 17.8 Å². The second-order valence-corrected chi connectivity index (χ2v) is 7.34. The Hall–Kier alpha value is -3.74. The summed E-state index contributed by atoms with van der Waals surface area (Å²) in [6, 6.07) is 16.4. The van der Waals surface area contributed by atoms with Crippen LogP contribution in [0.4, 0.5) is 4.39 Å². The van der Waals surface area contributed by atoms with E-state index < -0.39 is 6.04 Å². The van der Waals surface area contributed by atoms with Crippen molar-refractivity contribution >= 4 is 11.8 Å². The molecule has 0 fully saturated rings. The summed E-state index contributed by atoms with van der Waals surface area (Å²) in [5.41, 5.74) is 2.82. The maximum Gasteiger partial charge on any atom is 0.256 e. The van der Waals surface area contributed by atoms with Gasteiger partial charge in [-0.25, -0.2) is 4.39 Å². The van der Waals surface area contributed by atoms with Crippen LogP contribution in [0.5, 0.6) is 5.75 Å². The normalized spacial score (nSPS) is 15.0. The van der Waals surface area contributed by atoms with Gasteiger partial charge in [-0.2, -0.15) is 0 Å². The number of amides is 2. The van der Waals surface area contributed by atoms with E-state index in [1.807, 2.05) is 24.3 Å². The minimum Gasteiger partial charge on any atom is -0.497 e. The van der Waals surface area contributed by atoms with E-state index in [9.17, 15) is 14.0 Å². The van der Waals surface area contributed by atoms with Crippen LogP contribution < -0.4 is 10.1 Å². The lowest BCUT2D eigenvalue weighted by Gasteiger charge is -2.24. The minimum atomic E-state index is -0.482. The highest BCUT2D eigenvalue weighted by Crippen LogP contribution is 2.35. The van der Waals surface area contributed by atoms with E-state index in [-0.39, 0.29) is 30.6 Å². The van der Waals surface area contributed by atoms with Crippen LogP contribution in [0, 0.1) is 5.82 Å². The Morgan fingerprint density at radius 3 is 2.52 bits per heavy atom. The third-order valence-electron chi connectivity index (χ3n) is 5.32. The molecular formula is C24H22FN3O3. The number of methoxy groups -OCH3 is 1. The Bertz CT molecular complexity index is 1080. The van der Waals surface area contributed by atoms with E-state index in [4.69, 9.17) is 4.74 Å². The number of fused-ring (bicyclic) bond motifs is 1. The molecule has 1 atom stereocenters. The van der Waals surface area contributed by atoms with Gasteiger partial charge in [0.15, 0.2) is 0 Å². The van der Waals surface area contributed by atoms with Crippen molar-refractivity contribution in [3.63, 3.8) is 0 Å². The van der Waals surface area contributed by atoms with Crippen molar-refractivity contribution in [1.82, 2.24) is 15.2 Å². The summed E-state index contributed by atoms with van der Waals surface area (Å²) in [7, 11) is 1.60. The van der Waals surface area contributed by atoms with Crippen molar-refractivity contribution in [2.75, 3.05) is 7.11 Å². The molecule has 1 N–H and O–H groups in total. The molecule has 6 nitrogen and oxygen atoms in total. The molecule has 0 aliphatic carbocycles. The molecule has 1 unspecified atom stereocenters. The Balaban J connectivity index is 1.48. The Labute approximate surface area is 179 Å². The number of hydrogen-bond acceptors (Lipinski definition) is 4. The monoisotopic (exact) mass is 419 g/mol. The van der Waals surface area contributed by atoms with Gasteiger partial charge in [0.05, 0.1) is 30.8 Å². The van der Waals surface area contributed by atoms with Crippen LogP contribution in [0.1, 0.15) is 39.6 Å². The second kappa shape index (κ2) is 8.95. The van der Waals surface area contributed by atoms with E-state index in [2.05, 4.69) is 10.3 Å². The van der Waals surface area contributed by atoms with Crippen LogP contribution in [0.3, 0.4) is 0 Å². The molecule has 2 aromatic carbocycles. The van der Waals surface area contributed by atoms with Crippen molar-refractivity contribution in [3.8, 4) is 5.75 Å². The minimum absolute atomic E-state index is 0.0904. The smallest absolute Gasteiger partial charge is 0.256 e. The van der Waals surface area contributed by atoms with E-state index >= 15 is 0 Å². The lowest BCUT2D eigenvalue weighted by Crippen LogP contribution is -2.32. The first-order chi connectivity index (χ1) is 15.0. The number of nitrogens with zero attached hydrogens (tertiary/aromatic N) is 2. The van der Waals surface area contributed by atoms with Gasteiger partial charge in [0.2, 0.25) is 5.91 Å². The Morgan fingerprint density at radius 1 is 1.10 bits per heavy atom. The predicted octanol–water partition coefficient (Wildman–Crippen LogP) is 3.63. The van der Waals surface area contributed by atoms with Crippen LogP contribution in [0.2, 0.25) is 0 Å². The molecule has 2 amide bonds. The lowest BCUT2D eigenvalue weighted by molar-refractivity contribution is -0.122. The van der Waals surface area contributed by atoms with E-state index in [0.717, 1.165) is 16.9 Å². The van der Waals surface area contributed by atoms with Gasteiger partial charge < -0.3 is 15.0 Å². The van der Waals surface area contributed by atoms with Crippen molar-refractivity contribution in [2.24, 2.45) is 0 Å². The third kappa shape index (κ3) is 4.55. The number of carbonyl (C=O) groups is 2. The molecule has 0 saturated carbocycles. The summed E-state index contributed by atoms with van der Waals surface area (Å²) in [5.74, 6) is 0.0474. The highest BCUT2D eigenvalue weighted by atomic mass is 19.1. The average molecular weight is 419 g/mol. The molecule has 0 radical (unpaired) electrons. The fourth-order valence-electron chi connectivity index (χ4n) is 3.67. The number of nitrogens with one attached hydrogen (secondary N) is 1. The van der Waals surface area contributed by atoms with Crippen molar-refractivity contribution in [3.05, 3.63) is 95.1 Å². The summed E-state index contributed by atoms with van der Waals surface area (Å²) in [4.78, 5) is 31.7. The van der Waals surface area contributed by atoms with Crippen LogP contribution in [0.25, 0.3) is 0 Å². The van der Waals surface area contributed by atoms with Crippen molar-refractivity contribution in [2.45, 2.75) is 25.6 Å². The average Bonchev–Trinajstić information content (AvgIpc) is 3.05. The Kier molecular flexibility index (Phi) is 5.93. The molecule has 0 bridgehead atoms. The van der Waals surface area contributed by atoms with Crippen molar-refractivity contribution in [1.29, 1.82) is 0 Å². The molecule has 1 aliphatic heterocycles. The van der Waals surface area contributed by atoms with Gasteiger partial charge >= 0.3 is 0 Å². The predicted molar refractivity (Wildman–Crippen MR) is 113 cm³/mol. The van der Waals surface area contributed by atoms with Gasteiger partial charge in [0, 0.05) is 19.3 Å². The van der Waals surface area contributed by atoms with Gasteiger partial charge in [0.25, 0.3) is 5.91 Å². The fourth-order valence-corrected chi connectivity index (χ4v) is 3.67. The van der Waals surface area contributed by atoms with Gasteiger partial charge in [0.1, 0.15) is 11.6 Å². The third-order valence-corrected chi connectivity index (χ3v) is 5.32. The maximum atomic E-state index is 13.3. The van der Waals surface area contributed by atoms with Gasteiger partial charge in [-0.1, -0.05) is 24.3 Å². The fraction of sp³-hybridized carbons (Fsp3) is 0.208. The number of carbonyl (C=O) groups excluding carboxylic acids is 2. The molecule has 0 saturated heterocycles. The highest BCUT2D eigenvalue weighted by molar-refractivity contribution is 5.99. The molecule has 7 heteroatoms. The molecule has 2 heterocycles. The zero-order chi connectivity index (χ0) is 21.8. The number of benzene rings is 2. The number of halogens is 1. The van der Waals surface area contributed by atoms with Crippen LogP contribution in [0.15, 0.2) is 66.9 Å². The lowest BCUT2D eigenvalue weighted by atomic mass is 10.1. The molecule has 1 aromatic heterocycles. The summed E-state index contributed by atoms with van der Waals surface area (Å²) >= 11 is 0. The summed E-state index contributed by atoms with van der Waals surface area (Å²) in [6.45, 7) is 0.641. The topological polar surface area (TPSA) is 71.5 Å². The van der Waals surface area contributed by atoms with E-state index in [1.165, 1.54) is 12.1 Å². The Morgan fingerprint density at radius 2 is 1.81 bits per heavy atom. The standard InChI is InChI=1S/C24H22FN3O3/c1-31-19-10-6-16(7-11-19)14-27-22(29)13-21-23-20(3-2-12-26-23)24(30)28(21)15-17-4-8-18(25)9-5-17/h2-12,21H,13-15H2,1H3,(H,27,29). The van der Waals surface area contributed by atoms with E-state index in [1.54, 1.807) is 42.5 Å². The highest BCUT2D eigenvalue weighted by Gasteiger charge is 2.38. The zero-order valence-electron chi connectivity index (χ0n) is 17.0. The summed E-state index contributed by atoms with van der Waals surface area (Å²) in [6.07, 6.45) is 1.71. The zero-order valence-corrected chi connectivity index (χ0v) is 17.0. The van der Waals surface area contributed by atoms with Crippen LogP contribution in [-0.2, 0) is 17.9 Å². The van der Waals surface area contributed by atoms with Gasteiger partial charge in [-0.05, 0) is 47.5 Å². The molecule has 31 heavy (non-hydrogen) atoms. The maximum absolute atomic E-state index is 13.3. The molecule has 158 valence electrons. The number of rotatable bonds is 7. The summed E-state index contributed by atoms with van der Waals surface area (Å²) < 4.78 is 18.4. The molecule has 4 rings (SSSR count). The number of pyridine rings is 1. The molecule has 1 aliphatic rings. The van der Waals surface area contributed by atoms with Crippen LogP contribution in [-0.4, -0.2) is 28.8 Å². The molecule has 0 spiro atoms. The SMILES string of the molecule is COc1ccc(CNC(=O)CC2c3ncccc3C(=O)N2Cc2ccc(F)cc2)cc1. The largest absolute Gasteiger partial charge is 0.497 e. The van der Waals surface area contributed by atoms with Crippen molar-refractivity contribution < 1.29 is 18.7 Å². The number of aromatic nitrogens is 1. The number of hydrogen-bond donors (Lipinski definition) is 1. The first-order valence-electron chi connectivity index (χ1n) is 9.95.